The summed E-state index contributed by atoms with van der Waals surface area (Å²) in [6, 6.07) is 13.0. The summed E-state index contributed by atoms with van der Waals surface area (Å²) in [6.07, 6.45) is 14.2. The van der Waals surface area contributed by atoms with Gasteiger partial charge in [-0.05, 0) is 112 Å². The summed E-state index contributed by atoms with van der Waals surface area (Å²) < 4.78 is 1.84. The van der Waals surface area contributed by atoms with Crippen LogP contribution in [0.4, 0.5) is 0 Å². The van der Waals surface area contributed by atoms with Gasteiger partial charge in [-0.15, -0.1) is 0 Å². The summed E-state index contributed by atoms with van der Waals surface area (Å²) in [6.45, 7) is 2.40. The molecule has 4 nitrogen and oxygen atoms in total. The van der Waals surface area contributed by atoms with Crippen LogP contribution >= 0.6 is 34.8 Å². The van der Waals surface area contributed by atoms with Crippen molar-refractivity contribution in [3.05, 3.63) is 68.8 Å². The van der Waals surface area contributed by atoms with Crippen molar-refractivity contribution in [3.8, 4) is 16.9 Å². The van der Waals surface area contributed by atoms with E-state index in [9.17, 15) is 4.79 Å². The van der Waals surface area contributed by atoms with E-state index in [1.807, 2.05) is 41.9 Å². The van der Waals surface area contributed by atoms with E-state index in [0.29, 0.717) is 28.0 Å². The van der Waals surface area contributed by atoms with Gasteiger partial charge >= 0.3 is 0 Å². The number of rotatable bonds is 11. The van der Waals surface area contributed by atoms with Crippen molar-refractivity contribution in [1.29, 1.82) is 0 Å². The molecule has 3 aromatic rings. The molecule has 1 aromatic heterocycles. The quantitative estimate of drug-likeness (QED) is 0.219. The van der Waals surface area contributed by atoms with Gasteiger partial charge in [-0.1, -0.05) is 66.2 Å². The zero-order valence-corrected chi connectivity index (χ0v) is 26.1. The monoisotopic (exact) mass is 611 g/mol. The molecule has 2 aromatic carbocycles. The molecule has 4 bridgehead atoms. The molecule has 0 saturated heterocycles. The Bertz CT molecular complexity index is 1350. The van der Waals surface area contributed by atoms with Crippen molar-refractivity contribution in [1.82, 2.24) is 15.1 Å². The van der Waals surface area contributed by atoms with E-state index in [0.717, 1.165) is 70.6 Å². The zero-order chi connectivity index (χ0) is 28.5. The predicted octanol–water partition coefficient (Wildman–Crippen LogP) is 9.84. The molecule has 4 saturated carbocycles. The maximum Gasteiger partial charge on any atom is 0.220 e. The maximum atomic E-state index is 12.7. The number of nitrogens with zero attached hydrogens (tertiary/aromatic N) is 2. The van der Waals surface area contributed by atoms with Gasteiger partial charge in [0.25, 0.3) is 0 Å². The molecule has 4 aliphatic rings. The summed E-state index contributed by atoms with van der Waals surface area (Å²) in [5.74, 6) is 5.25. The van der Waals surface area contributed by atoms with Crippen LogP contribution in [-0.4, -0.2) is 15.7 Å². The molecule has 0 atom stereocenters. The predicted molar refractivity (Wildman–Crippen MR) is 169 cm³/mol. The van der Waals surface area contributed by atoms with Crippen LogP contribution < -0.4 is 5.32 Å². The standard InChI is InChI=1S/C34H40Cl3N3O/c1-21-31(39-40(32-13-12-28(36)19-30(32)37)34(21)24-8-10-27(35)11-9-24)20-38-33(41)7-5-3-2-4-6-29-25-15-22-14-23(17-25)18-26(29)16-22/h8-13,19,22-23,25-26,29H,2-7,14-18,20H2,1H3,(H,38,41). The average Bonchev–Trinajstić information content (AvgIpc) is 3.26. The lowest BCUT2D eigenvalue weighted by molar-refractivity contribution is -0.121. The van der Waals surface area contributed by atoms with E-state index in [1.54, 1.807) is 12.1 Å². The van der Waals surface area contributed by atoms with Crippen LogP contribution in [-0.2, 0) is 11.3 Å². The maximum absolute atomic E-state index is 12.7. The van der Waals surface area contributed by atoms with Crippen molar-refractivity contribution in [2.45, 2.75) is 84.1 Å². The van der Waals surface area contributed by atoms with Crippen molar-refractivity contribution in [2.24, 2.45) is 29.6 Å². The van der Waals surface area contributed by atoms with Gasteiger partial charge in [0.2, 0.25) is 5.91 Å². The Morgan fingerprint density at radius 2 is 1.54 bits per heavy atom. The number of nitrogens with one attached hydrogen (secondary N) is 1. The number of unbranched alkanes of at least 4 members (excludes halogenated alkanes) is 3. The van der Waals surface area contributed by atoms with Gasteiger partial charge in [0.15, 0.2) is 0 Å². The van der Waals surface area contributed by atoms with Crippen molar-refractivity contribution < 1.29 is 4.79 Å². The molecule has 4 fully saturated rings. The van der Waals surface area contributed by atoms with Gasteiger partial charge in [-0.3, -0.25) is 4.79 Å². The second-order valence-corrected chi connectivity index (χ2v) is 14.0. The minimum Gasteiger partial charge on any atom is -0.350 e. The first-order chi connectivity index (χ1) is 19.9. The van der Waals surface area contributed by atoms with E-state index in [1.165, 1.54) is 51.4 Å². The van der Waals surface area contributed by atoms with Crippen molar-refractivity contribution in [3.63, 3.8) is 0 Å². The molecule has 41 heavy (non-hydrogen) atoms. The number of hydrogen-bond donors (Lipinski definition) is 1. The molecule has 1 heterocycles. The Kier molecular flexibility index (Phi) is 9.00. The van der Waals surface area contributed by atoms with Gasteiger partial charge < -0.3 is 5.32 Å². The minimum atomic E-state index is 0.0811. The second-order valence-electron chi connectivity index (χ2n) is 12.8. The number of carbonyl (C=O) groups is 1. The highest BCUT2D eigenvalue weighted by Gasteiger charge is 2.47. The summed E-state index contributed by atoms with van der Waals surface area (Å²) in [5.41, 5.74) is 4.41. The molecule has 0 spiro atoms. The summed E-state index contributed by atoms with van der Waals surface area (Å²) in [4.78, 5) is 12.7. The number of carbonyl (C=O) groups excluding carboxylic acids is 1. The minimum absolute atomic E-state index is 0.0811. The molecular formula is C34H40Cl3N3O. The molecular weight excluding hydrogens is 573 g/mol. The summed E-state index contributed by atoms with van der Waals surface area (Å²) in [7, 11) is 0. The third kappa shape index (κ3) is 6.50. The van der Waals surface area contributed by atoms with Gasteiger partial charge in [0.05, 0.1) is 28.6 Å². The van der Waals surface area contributed by atoms with Crippen LogP contribution in [0, 0.1) is 36.5 Å². The van der Waals surface area contributed by atoms with E-state index in [-0.39, 0.29) is 5.91 Å². The van der Waals surface area contributed by atoms with Gasteiger partial charge in [0, 0.05) is 27.6 Å². The number of halogens is 3. The Morgan fingerprint density at radius 1 is 0.878 bits per heavy atom. The van der Waals surface area contributed by atoms with Crippen LogP contribution in [0.2, 0.25) is 15.1 Å². The first-order valence-electron chi connectivity index (χ1n) is 15.4. The molecule has 4 aliphatic carbocycles. The SMILES string of the molecule is Cc1c(CNC(=O)CCCCCCC2C3CC4CC(C3)CC2C4)nn(-c2ccc(Cl)cc2Cl)c1-c1ccc(Cl)cc1. The second kappa shape index (κ2) is 12.7. The highest BCUT2D eigenvalue weighted by Crippen LogP contribution is 2.57. The summed E-state index contributed by atoms with van der Waals surface area (Å²) >= 11 is 18.9. The van der Waals surface area contributed by atoms with Crippen LogP contribution in [0.3, 0.4) is 0 Å². The van der Waals surface area contributed by atoms with Gasteiger partial charge in [-0.2, -0.15) is 5.10 Å². The van der Waals surface area contributed by atoms with Crippen molar-refractivity contribution in [2.75, 3.05) is 0 Å². The molecule has 1 amide bonds. The summed E-state index contributed by atoms with van der Waals surface area (Å²) in [5, 5.41) is 9.73. The normalized spacial score (nSPS) is 24.6. The lowest BCUT2D eigenvalue weighted by atomic mass is 9.51. The van der Waals surface area contributed by atoms with E-state index in [4.69, 9.17) is 39.9 Å². The first kappa shape index (κ1) is 29.1. The number of hydrogen-bond acceptors (Lipinski definition) is 2. The topological polar surface area (TPSA) is 46.9 Å². The molecule has 0 unspecified atom stereocenters. The lowest BCUT2D eigenvalue weighted by Crippen LogP contribution is -2.44. The van der Waals surface area contributed by atoms with E-state index >= 15 is 0 Å². The van der Waals surface area contributed by atoms with Crippen LogP contribution in [0.5, 0.6) is 0 Å². The largest absolute Gasteiger partial charge is 0.350 e. The number of amides is 1. The van der Waals surface area contributed by atoms with Gasteiger partial charge in [0.1, 0.15) is 0 Å². The van der Waals surface area contributed by atoms with Crippen LogP contribution in [0.25, 0.3) is 16.9 Å². The highest BCUT2D eigenvalue weighted by molar-refractivity contribution is 6.35. The molecule has 1 N–H and O–H groups in total. The number of aromatic nitrogens is 2. The fraction of sp³-hybridized carbons (Fsp3) is 0.529. The van der Waals surface area contributed by atoms with Gasteiger partial charge in [-0.25, -0.2) is 4.68 Å². The lowest BCUT2D eigenvalue weighted by Gasteiger charge is -2.54. The van der Waals surface area contributed by atoms with Crippen LogP contribution in [0.15, 0.2) is 42.5 Å². The Hall–Kier alpha value is -2.01. The Labute approximate surface area is 259 Å². The zero-order valence-electron chi connectivity index (χ0n) is 23.9. The Morgan fingerprint density at radius 3 is 2.22 bits per heavy atom. The molecule has 0 radical (unpaired) electrons. The molecule has 0 aliphatic heterocycles. The van der Waals surface area contributed by atoms with E-state index < -0.39 is 0 Å². The first-order valence-corrected chi connectivity index (χ1v) is 16.6. The highest BCUT2D eigenvalue weighted by atomic mass is 35.5. The number of benzene rings is 2. The fourth-order valence-electron chi connectivity index (χ4n) is 8.28. The molecule has 7 heteroatoms. The third-order valence-electron chi connectivity index (χ3n) is 10.0. The average molecular weight is 613 g/mol. The molecule has 7 rings (SSSR count). The van der Waals surface area contributed by atoms with Crippen LogP contribution in [0.1, 0.15) is 81.9 Å². The Balaban J connectivity index is 1.01. The fourth-order valence-corrected chi connectivity index (χ4v) is 8.90. The smallest absolute Gasteiger partial charge is 0.220 e. The molecule has 218 valence electrons. The van der Waals surface area contributed by atoms with Crippen molar-refractivity contribution >= 4 is 40.7 Å². The third-order valence-corrected chi connectivity index (χ3v) is 10.8. The van der Waals surface area contributed by atoms with E-state index in [2.05, 4.69) is 5.32 Å².